The number of anilines is 1. The van der Waals surface area contributed by atoms with Crippen LogP contribution in [0.15, 0.2) is 18.2 Å². The smallest absolute Gasteiger partial charge is 0.335 e. The summed E-state index contributed by atoms with van der Waals surface area (Å²) in [6, 6.07) is 5.33. The molecule has 2 aliphatic heterocycles. The Labute approximate surface area is 92.5 Å². The van der Waals surface area contributed by atoms with E-state index >= 15 is 0 Å². The lowest BCUT2D eigenvalue weighted by Gasteiger charge is -2.44. The van der Waals surface area contributed by atoms with Crippen molar-refractivity contribution in [2.75, 3.05) is 4.90 Å². The van der Waals surface area contributed by atoms with Gasteiger partial charge in [-0.1, -0.05) is 6.07 Å². The standard InChI is InChI=1S/C12H11NO3/c14-11-6-9-4-3-7-1-2-8(12(15)16)5-10(7)13(9)11/h1-2,5,9H,3-4,6H2,(H,15,16). The lowest BCUT2D eigenvalue weighted by molar-refractivity contribution is -0.124. The zero-order valence-corrected chi connectivity index (χ0v) is 8.64. The molecule has 0 radical (unpaired) electrons. The van der Waals surface area contributed by atoms with Crippen molar-refractivity contribution in [2.24, 2.45) is 0 Å². The average molecular weight is 217 g/mol. The van der Waals surface area contributed by atoms with Gasteiger partial charge in [-0.25, -0.2) is 4.79 Å². The minimum Gasteiger partial charge on any atom is -0.478 e. The highest BCUT2D eigenvalue weighted by molar-refractivity contribution is 6.03. The van der Waals surface area contributed by atoms with Crippen molar-refractivity contribution < 1.29 is 14.7 Å². The summed E-state index contributed by atoms with van der Waals surface area (Å²) in [5.41, 5.74) is 2.13. The number of carboxylic acid groups (broad SMARTS) is 1. The van der Waals surface area contributed by atoms with Crippen LogP contribution in [0.2, 0.25) is 0 Å². The van der Waals surface area contributed by atoms with E-state index in [1.165, 1.54) is 0 Å². The summed E-state index contributed by atoms with van der Waals surface area (Å²) in [5.74, 6) is -0.841. The van der Waals surface area contributed by atoms with Crippen LogP contribution < -0.4 is 4.90 Å². The van der Waals surface area contributed by atoms with E-state index in [-0.39, 0.29) is 11.5 Å². The third-order valence-corrected chi connectivity index (χ3v) is 3.38. The molecular formula is C12H11NO3. The van der Waals surface area contributed by atoms with Crippen LogP contribution in [0, 0.1) is 0 Å². The van der Waals surface area contributed by atoms with Gasteiger partial charge in [-0.05, 0) is 30.5 Å². The summed E-state index contributed by atoms with van der Waals surface area (Å²) < 4.78 is 0. The Morgan fingerprint density at radius 1 is 1.44 bits per heavy atom. The van der Waals surface area contributed by atoms with Gasteiger partial charge in [-0.15, -0.1) is 0 Å². The Kier molecular flexibility index (Phi) is 1.80. The molecule has 2 aliphatic rings. The molecule has 4 heteroatoms. The molecule has 4 nitrogen and oxygen atoms in total. The molecule has 82 valence electrons. The fourth-order valence-corrected chi connectivity index (χ4v) is 2.50. The van der Waals surface area contributed by atoms with Crippen molar-refractivity contribution in [3.8, 4) is 0 Å². The van der Waals surface area contributed by atoms with E-state index < -0.39 is 5.97 Å². The van der Waals surface area contributed by atoms with Crippen LogP contribution in [-0.4, -0.2) is 23.0 Å². The molecule has 1 aromatic rings. The van der Waals surface area contributed by atoms with Gasteiger partial charge < -0.3 is 10.0 Å². The molecule has 0 bridgehead atoms. The van der Waals surface area contributed by atoms with Crippen molar-refractivity contribution >= 4 is 17.6 Å². The molecular weight excluding hydrogens is 206 g/mol. The number of carbonyl (C=O) groups is 2. The second kappa shape index (κ2) is 3.07. The Morgan fingerprint density at radius 2 is 2.25 bits per heavy atom. The molecule has 1 atom stereocenters. The number of β-lactam (4-membered cyclic amide) rings is 1. The van der Waals surface area contributed by atoms with Gasteiger partial charge in [-0.2, -0.15) is 0 Å². The van der Waals surface area contributed by atoms with Crippen LogP contribution in [0.3, 0.4) is 0 Å². The molecule has 1 unspecified atom stereocenters. The number of aryl methyl sites for hydroxylation is 1. The quantitative estimate of drug-likeness (QED) is 0.724. The average Bonchev–Trinajstić information content (AvgIpc) is 2.25. The van der Waals surface area contributed by atoms with Gasteiger partial charge in [0.1, 0.15) is 0 Å². The number of amides is 1. The minimum absolute atomic E-state index is 0.105. The molecule has 3 rings (SSSR count). The summed E-state index contributed by atoms with van der Waals surface area (Å²) in [6.45, 7) is 0. The van der Waals surface area contributed by atoms with E-state index in [1.807, 2.05) is 6.07 Å². The summed E-state index contributed by atoms with van der Waals surface area (Å²) in [5, 5.41) is 8.92. The molecule has 1 fully saturated rings. The zero-order chi connectivity index (χ0) is 11.3. The second-order valence-electron chi connectivity index (χ2n) is 4.31. The van der Waals surface area contributed by atoms with Gasteiger partial charge in [0.25, 0.3) is 0 Å². The van der Waals surface area contributed by atoms with Crippen LogP contribution in [0.25, 0.3) is 0 Å². The van der Waals surface area contributed by atoms with Gasteiger partial charge in [0.15, 0.2) is 0 Å². The first-order chi connectivity index (χ1) is 7.66. The SMILES string of the molecule is O=C(O)c1ccc2c(c1)N1C(=O)CC1CC2. The zero-order valence-electron chi connectivity index (χ0n) is 8.64. The molecule has 0 saturated carbocycles. The van der Waals surface area contributed by atoms with Crippen LogP contribution in [0.1, 0.15) is 28.8 Å². The van der Waals surface area contributed by atoms with Crippen molar-refractivity contribution in [3.05, 3.63) is 29.3 Å². The van der Waals surface area contributed by atoms with Gasteiger partial charge in [-0.3, -0.25) is 4.79 Å². The summed E-state index contributed by atoms with van der Waals surface area (Å²) >= 11 is 0. The number of hydrogen-bond donors (Lipinski definition) is 1. The van der Waals surface area contributed by atoms with Gasteiger partial charge >= 0.3 is 5.97 Å². The Hall–Kier alpha value is -1.84. The molecule has 1 N–H and O–H groups in total. The first-order valence-corrected chi connectivity index (χ1v) is 5.35. The van der Waals surface area contributed by atoms with Crippen LogP contribution in [-0.2, 0) is 11.2 Å². The predicted molar refractivity (Wildman–Crippen MR) is 57.6 cm³/mol. The highest BCUT2D eigenvalue weighted by Gasteiger charge is 2.40. The largest absolute Gasteiger partial charge is 0.478 e. The number of aromatic carboxylic acids is 1. The lowest BCUT2D eigenvalue weighted by atomic mass is 9.87. The van der Waals surface area contributed by atoms with E-state index in [2.05, 4.69) is 0 Å². The minimum atomic E-state index is -0.946. The van der Waals surface area contributed by atoms with Crippen LogP contribution in [0.5, 0.6) is 0 Å². The van der Waals surface area contributed by atoms with Gasteiger partial charge in [0.05, 0.1) is 5.56 Å². The third-order valence-electron chi connectivity index (χ3n) is 3.38. The summed E-state index contributed by atoms with van der Waals surface area (Å²) in [4.78, 5) is 24.1. The van der Waals surface area contributed by atoms with Crippen molar-refractivity contribution in [1.29, 1.82) is 0 Å². The maximum absolute atomic E-state index is 11.5. The molecule has 0 aliphatic carbocycles. The molecule has 2 heterocycles. The highest BCUT2D eigenvalue weighted by atomic mass is 16.4. The summed E-state index contributed by atoms with van der Waals surface area (Å²) in [7, 11) is 0. The third kappa shape index (κ3) is 1.16. The monoisotopic (exact) mass is 217 g/mol. The van der Waals surface area contributed by atoms with E-state index in [4.69, 9.17) is 5.11 Å². The van der Waals surface area contributed by atoms with Gasteiger partial charge in [0, 0.05) is 18.2 Å². The van der Waals surface area contributed by atoms with Crippen molar-refractivity contribution in [2.45, 2.75) is 25.3 Å². The number of benzene rings is 1. The van der Waals surface area contributed by atoms with Gasteiger partial charge in [0.2, 0.25) is 5.91 Å². The topological polar surface area (TPSA) is 57.6 Å². The second-order valence-corrected chi connectivity index (χ2v) is 4.31. The van der Waals surface area contributed by atoms with Crippen LogP contribution in [0.4, 0.5) is 5.69 Å². The lowest BCUT2D eigenvalue weighted by Crippen LogP contribution is -2.55. The number of fused-ring (bicyclic) bond motifs is 3. The van der Waals surface area contributed by atoms with E-state index in [0.29, 0.717) is 12.5 Å². The highest BCUT2D eigenvalue weighted by Crippen LogP contribution is 2.38. The maximum Gasteiger partial charge on any atom is 0.335 e. The number of carboxylic acids is 1. The number of nitrogens with zero attached hydrogens (tertiary/aromatic N) is 1. The molecule has 0 spiro atoms. The first kappa shape index (κ1) is 9.39. The predicted octanol–water partition coefficient (Wildman–Crippen LogP) is 1.44. The van der Waals surface area contributed by atoms with Crippen LogP contribution >= 0.6 is 0 Å². The fraction of sp³-hybridized carbons (Fsp3) is 0.333. The normalized spacial score (nSPS) is 22.1. The molecule has 16 heavy (non-hydrogen) atoms. The fourth-order valence-electron chi connectivity index (χ4n) is 2.50. The van der Waals surface area contributed by atoms with E-state index in [1.54, 1.807) is 17.0 Å². The molecule has 1 saturated heterocycles. The van der Waals surface area contributed by atoms with Crippen molar-refractivity contribution in [1.82, 2.24) is 0 Å². The van der Waals surface area contributed by atoms with Crippen molar-refractivity contribution in [3.63, 3.8) is 0 Å². The Balaban J connectivity index is 2.08. The van der Waals surface area contributed by atoms with E-state index in [0.717, 1.165) is 24.1 Å². The molecule has 1 amide bonds. The number of carbonyl (C=O) groups excluding carboxylic acids is 1. The maximum atomic E-state index is 11.5. The number of rotatable bonds is 1. The first-order valence-electron chi connectivity index (χ1n) is 5.35. The number of hydrogen-bond acceptors (Lipinski definition) is 2. The Bertz CT molecular complexity index is 495. The molecule has 1 aromatic carbocycles. The van der Waals surface area contributed by atoms with E-state index in [9.17, 15) is 9.59 Å². The Morgan fingerprint density at radius 3 is 2.94 bits per heavy atom. The molecule has 0 aromatic heterocycles. The summed E-state index contributed by atoms with van der Waals surface area (Å²) in [6.07, 6.45) is 2.53.